The van der Waals surface area contributed by atoms with Crippen LogP contribution in [0.25, 0.3) is 0 Å². The zero-order chi connectivity index (χ0) is 18.5. The summed E-state index contributed by atoms with van der Waals surface area (Å²) in [6.07, 6.45) is 0.442. The second kappa shape index (κ2) is 8.60. The van der Waals surface area contributed by atoms with E-state index >= 15 is 0 Å². The van der Waals surface area contributed by atoms with Crippen molar-refractivity contribution in [2.45, 2.75) is 24.3 Å². The van der Waals surface area contributed by atoms with Gasteiger partial charge in [0.05, 0.1) is 5.69 Å². The number of nitrogens with zero attached hydrogens (tertiary/aromatic N) is 2. The van der Waals surface area contributed by atoms with Crippen molar-refractivity contribution < 1.29 is 9.59 Å². The Balaban J connectivity index is 1.54. The summed E-state index contributed by atoms with van der Waals surface area (Å²) in [6.45, 7) is 1.20. The van der Waals surface area contributed by atoms with Crippen molar-refractivity contribution >= 4 is 40.9 Å². The molecular formula is C20H21ClN2O2S. The molecule has 1 aliphatic heterocycles. The van der Waals surface area contributed by atoms with E-state index in [1.54, 1.807) is 28.6 Å². The highest BCUT2D eigenvalue weighted by Crippen LogP contribution is 2.34. The number of carbonyl (C=O) groups excluding carboxylic acids is 2. The molecule has 136 valence electrons. The molecule has 4 nitrogen and oxygen atoms in total. The molecule has 0 spiro atoms. The number of hydrogen-bond acceptors (Lipinski definition) is 3. The minimum absolute atomic E-state index is 0.00555. The molecule has 0 saturated carbocycles. The third-order valence-corrected chi connectivity index (χ3v) is 5.64. The van der Waals surface area contributed by atoms with Gasteiger partial charge in [-0.2, -0.15) is 0 Å². The first-order valence-corrected chi connectivity index (χ1v) is 9.91. The van der Waals surface area contributed by atoms with E-state index in [0.29, 0.717) is 18.1 Å². The quantitative estimate of drug-likeness (QED) is 0.770. The van der Waals surface area contributed by atoms with Gasteiger partial charge in [0.2, 0.25) is 11.8 Å². The topological polar surface area (TPSA) is 40.6 Å². The van der Waals surface area contributed by atoms with Crippen LogP contribution in [0.4, 0.5) is 5.69 Å². The molecule has 0 fully saturated rings. The van der Waals surface area contributed by atoms with Crippen LogP contribution in [0.2, 0.25) is 5.02 Å². The van der Waals surface area contributed by atoms with Crippen LogP contribution in [-0.2, 0) is 16.1 Å². The number of amides is 2. The summed E-state index contributed by atoms with van der Waals surface area (Å²) in [6, 6.07) is 15.3. The summed E-state index contributed by atoms with van der Waals surface area (Å²) < 4.78 is 0. The van der Waals surface area contributed by atoms with E-state index in [1.807, 2.05) is 48.5 Å². The molecule has 2 aromatic carbocycles. The maximum atomic E-state index is 12.6. The zero-order valence-corrected chi connectivity index (χ0v) is 16.2. The summed E-state index contributed by atoms with van der Waals surface area (Å²) >= 11 is 7.64. The van der Waals surface area contributed by atoms with Crippen molar-refractivity contribution in [1.29, 1.82) is 0 Å². The van der Waals surface area contributed by atoms with Gasteiger partial charge in [0.25, 0.3) is 0 Å². The van der Waals surface area contributed by atoms with Crippen LogP contribution in [-0.4, -0.2) is 36.1 Å². The van der Waals surface area contributed by atoms with Crippen molar-refractivity contribution in [1.82, 2.24) is 4.90 Å². The highest BCUT2D eigenvalue weighted by atomic mass is 35.5. The van der Waals surface area contributed by atoms with Crippen LogP contribution in [0.5, 0.6) is 0 Å². The molecule has 0 aromatic heterocycles. The first-order chi connectivity index (χ1) is 12.5. The first-order valence-electron chi connectivity index (χ1n) is 8.55. The zero-order valence-electron chi connectivity index (χ0n) is 14.7. The molecule has 0 unspecified atom stereocenters. The van der Waals surface area contributed by atoms with Gasteiger partial charge in [0.15, 0.2) is 0 Å². The molecule has 0 N–H and O–H groups in total. The maximum absolute atomic E-state index is 12.6. The molecule has 0 atom stereocenters. The summed E-state index contributed by atoms with van der Waals surface area (Å²) in [5, 5.41) is 0.674. The van der Waals surface area contributed by atoms with Gasteiger partial charge in [0.1, 0.15) is 0 Å². The predicted molar refractivity (Wildman–Crippen MR) is 107 cm³/mol. The lowest BCUT2D eigenvalue weighted by molar-refractivity contribution is -0.132. The molecule has 26 heavy (non-hydrogen) atoms. The van der Waals surface area contributed by atoms with Crippen LogP contribution in [0, 0.1) is 0 Å². The number of carbonyl (C=O) groups is 2. The average Bonchev–Trinajstić information content (AvgIpc) is 2.67. The Morgan fingerprint density at radius 3 is 2.62 bits per heavy atom. The lowest BCUT2D eigenvalue weighted by Gasteiger charge is -2.29. The van der Waals surface area contributed by atoms with E-state index < -0.39 is 0 Å². The molecule has 2 amide bonds. The molecule has 1 aliphatic rings. The van der Waals surface area contributed by atoms with E-state index in [9.17, 15) is 9.59 Å². The molecular weight excluding hydrogens is 368 g/mol. The van der Waals surface area contributed by atoms with Crippen LogP contribution >= 0.6 is 23.4 Å². The Morgan fingerprint density at radius 1 is 1.12 bits per heavy atom. The average molecular weight is 389 g/mol. The van der Waals surface area contributed by atoms with E-state index in [4.69, 9.17) is 11.6 Å². The third kappa shape index (κ3) is 4.59. The van der Waals surface area contributed by atoms with Gasteiger partial charge in [-0.1, -0.05) is 35.9 Å². The fourth-order valence-electron chi connectivity index (χ4n) is 2.92. The normalized spacial score (nSPS) is 13.2. The standard InChI is InChI=1S/C20H21ClN2O2S/c1-22(14-15-6-8-16(21)9-7-15)19(24)10-11-20(25)23-12-13-26-18-5-3-2-4-17(18)23/h2-9H,10-14H2,1H3. The van der Waals surface area contributed by atoms with E-state index in [2.05, 4.69) is 0 Å². The minimum atomic E-state index is -0.0343. The second-order valence-corrected chi connectivity index (χ2v) is 7.81. The number of rotatable bonds is 5. The SMILES string of the molecule is CN(Cc1ccc(Cl)cc1)C(=O)CCC(=O)N1CCSc2ccccc21. The van der Waals surface area contributed by atoms with Crippen LogP contribution in [0.3, 0.4) is 0 Å². The van der Waals surface area contributed by atoms with Crippen LogP contribution < -0.4 is 4.90 Å². The Hall–Kier alpha value is -1.98. The van der Waals surface area contributed by atoms with E-state index in [1.165, 1.54) is 0 Å². The number of fused-ring (bicyclic) bond motifs is 1. The van der Waals surface area contributed by atoms with Gasteiger partial charge in [-0.3, -0.25) is 9.59 Å². The molecule has 0 saturated heterocycles. The number of benzene rings is 2. The third-order valence-electron chi connectivity index (χ3n) is 4.34. The van der Waals surface area contributed by atoms with Crippen molar-refractivity contribution in [3.8, 4) is 0 Å². The molecule has 2 aromatic rings. The van der Waals surface area contributed by atoms with Gasteiger partial charge in [-0.15, -0.1) is 11.8 Å². The van der Waals surface area contributed by atoms with Gasteiger partial charge >= 0.3 is 0 Å². The minimum Gasteiger partial charge on any atom is -0.341 e. The predicted octanol–water partition coefficient (Wildman–Crippen LogP) is 4.22. The van der Waals surface area contributed by atoms with Crippen molar-refractivity contribution in [2.75, 3.05) is 24.2 Å². The Bertz CT molecular complexity index is 795. The fourth-order valence-corrected chi connectivity index (χ4v) is 4.04. The largest absolute Gasteiger partial charge is 0.341 e. The number of anilines is 1. The lowest BCUT2D eigenvalue weighted by atomic mass is 10.2. The highest BCUT2D eigenvalue weighted by molar-refractivity contribution is 7.99. The van der Waals surface area contributed by atoms with Gasteiger partial charge in [-0.25, -0.2) is 0 Å². The van der Waals surface area contributed by atoms with Crippen molar-refractivity contribution in [3.63, 3.8) is 0 Å². The number of hydrogen-bond donors (Lipinski definition) is 0. The monoisotopic (exact) mass is 388 g/mol. The summed E-state index contributed by atoms with van der Waals surface area (Å²) in [4.78, 5) is 29.6. The van der Waals surface area contributed by atoms with E-state index in [-0.39, 0.29) is 24.7 Å². The van der Waals surface area contributed by atoms with Crippen LogP contribution in [0.1, 0.15) is 18.4 Å². The summed E-state index contributed by atoms with van der Waals surface area (Å²) in [5.41, 5.74) is 1.97. The lowest BCUT2D eigenvalue weighted by Crippen LogP contribution is -2.36. The van der Waals surface area contributed by atoms with Crippen molar-refractivity contribution in [2.24, 2.45) is 0 Å². The van der Waals surface area contributed by atoms with Crippen LogP contribution in [0.15, 0.2) is 53.4 Å². The van der Waals surface area contributed by atoms with E-state index in [0.717, 1.165) is 21.9 Å². The fraction of sp³-hybridized carbons (Fsp3) is 0.300. The molecule has 1 heterocycles. The molecule has 0 aliphatic carbocycles. The molecule has 0 bridgehead atoms. The number of para-hydroxylation sites is 1. The molecule has 0 radical (unpaired) electrons. The Kier molecular flexibility index (Phi) is 6.22. The van der Waals surface area contributed by atoms with Gasteiger partial charge in [0, 0.05) is 48.6 Å². The highest BCUT2D eigenvalue weighted by Gasteiger charge is 2.23. The Morgan fingerprint density at radius 2 is 1.85 bits per heavy atom. The summed E-state index contributed by atoms with van der Waals surface area (Å²) in [7, 11) is 1.76. The molecule has 3 rings (SSSR count). The number of thioether (sulfide) groups is 1. The van der Waals surface area contributed by atoms with Gasteiger partial charge < -0.3 is 9.80 Å². The second-order valence-electron chi connectivity index (χ2n) is 6.24. The van der Waals surface area contributed by atoms with Gasteiger partial charge in [-0.05, 0) is 29.8 Å². The summed E-state index contributed by atoms with van der Waals surface area (Å²) in [5.74, 6) is 0.853. The maximum Gasteiger partial charge on any atom is 0.227 e. The number of halogens is 1. The molecule has 6 heteroatoms. The smallest absolute Gasteiger partial charge is 0.227 e. The Labute approximate surface area is 163 Å². The first kappa shape index (κ1) is 18.8. The van der Waals surface area contributed by atoms with Crippen molar-refractivity contribution in [3.05, 3.63) is 59.1 Å².